The summed E-state index contributed by atoms with van der Waals surface area (Å²) in [5.74, 6) is -0.267. The van der Waals surface area contributed by atoms with Crippen molar-refractivity contribution in [2.45, 2.75) is 19.3 Å². The molecule has 0 radical (unpaired) electrons. The number of nitrogens with zero attached hydrogens (tertiary/aromatic N) is 1. The van der Waals surface area contributed by atoms with Crippen molar-refractivity contribution in [3.63, 3.8) is 0 Å². The average Bonchev–Trinajstić information content (AvgIpc) is 3.22. The summed E-state index contributed by atoms with van der Waals surface area (Å²) in [4.78, 5) is 27.6. The monoisotopic (exact) mass is 414 g/mol. The van der Waals surface area contributed by atoms with Gasteiger partial charge in [0.2, 0.25) is 5.91 Å². The Morgan fingerprint density at radius 3 is 2.47 bits per heavy atom. The van der Waals surface area contributed by atoms with E-state index >= 15 is 0 Å². The van der Waals surface area contributed by atoms with Gasteiger partial charge in [-0.2, -0.15) is 0 Å². The van der Waals surface area contributed by atoms with Gasteiger partial charge in [-0.1, -0.05) is 19.1 Å². The number of likely N-dealkylation sites (tertiary alicyclic amines) is 1. The van der Waals surface area contributed by atoms with Crippen LogP contribution in [0.25, 0.3) is 0 Å². The van der Waals surface area contributed by atoms with Crippen LogP contribution in [0.5, 0.6) is 11.5 Å². The Morgan fingerprint density at radius 1 is 1.10 bits per heavy atom. The maximum atomic E-state index is 13.2. The van der Waals surface area contributed by atoms with E-state index in [0.29, 0.717) is 30.2 Å². The number of benzene rings is 2. The quantitative estimate of drug-likeness (QED) is 0.755. The fourth-order valence-electron chi connectivity index (χ4n) is 3.91. The zero-order chi connectivity index (χ0) is 21.7. The fraction of sp³-hybridized carbons (Fsp3) is 0.391. The smallest absolute Gasteiger partial charge is 0.253 e. The van der Waals surface area contributed by atoms with Gasteiger partial charge in [-0.3, -0.25) is 9.59 Å². The second kappa shape index (κ2) is 9.61. The summed E-state index contributed by atoms with van der Waals surface area (Å²) >= 11 is 0. The highest BCUT2D eigenvalue weighted by atomic mass is 19.1. The van der Waals surface area contributed by atoms with E-state index in [0.717, 1.165) is 12.0 Å². The molecular weight excluding hydrogens is 387 g/mol. The third kappa shape index (κ3) is 4.40. The first kappa shape index (κ1) is 21.6. The van der Waals surface area contributed by atoms with E-state index in [1.54, 1.807) is 25.2 Å². The average molecular weight is 414 g/mol. The minimum atomic E-state index is -0.429. The molecule has 1 saturated heterocycles. The lowest BCUT2D eigenvalue weighted by molar-refractivity contribution is -0.124. The van der Waals surface area contributed by atoms with Gasteiger partial charge in [0.05, 0.1) is 20.1 Å². The summed E-state index contributed by atoms with van der Waals surface area (Å²) in [6.45, 7) is 3.19. The van der Waals surface area contributed by atoms with Crippen molar-refractivity contribution in [2.75, 3.05) is 33.9 Å². The van der Waals surface area contributed by atoms with Crippen LogP contribution in [-0.2, 0) is 4.79 Å². The Bertz CT molecular complexity index is 901. The summed E-state index contributed by atoms with van der Waals surface area (Å²) in [6, 6.07) is 11.0. The topological polar surface area (TPSA) is 67.9 Å². The van der Waals surface area contributed by atoms with E-state index < -0.39 is 11.7 Å². The van der Waals surface area contributed by atoms with E-state index in [-0.39, 0.29) is 24.3 Å². The molecule has 30 heavy (non-hydrogen) atoms. The molecule has 1 heterocycles. The number of ether oxygens (including phenoxy) is 2. The number of amides is 2. The Kier molecular flexibility index (Phi) is 6.92. The van der Waals surface area contributed by atoms with Crippen LogP contribution in [0.4, 0.5) is 4.39 Å². The molecule has 7 heteroatoms. The lowest BCUT2D eigenvalue weighted by atomic mass is 9.87. The largest absolute Gasteiger partial charge is 0.493 e. The highest BCUT2D eigenvalue weighted by molar-refractivity contribution is 5.95. The van der Waals surface area contributed by atoms with Crippen LogP contribution in [0, 0.1) is 11.7 Å². The highest BCUT2D eigenvalue weighted by Gasteiger charge is 2.42. The first-order valence-corrected chi connectivity index (χ1v) is 10.0. The van der Waals surface area contributed by atoms with Crippen molar-refractivity contribution >= 4 is 11.8 Å². The van der Waals surface area contributed by atoms with Gasteiger partial charge in [0.25, 0.3) is 5.91 Å². The highest BCUT2D eigenvalue weighted by Crippen LogP contribution is 2.42. The number of para-hydroxylation sites is 1. The number of nitrogens with one attached hydrogen (secondary N) is 1. The van der Waals surface area contributed by atoms with Gasteiger partial charge >= 0.3 is 0 Å². The lowest BCUT2D eigenvalue weighted by Crippen LogP contribution is -2.36. The van der Waals surface area contributed by atoms with Crippen LogP contribution < -0.4 is 14.8 Å². The van der Waals surface area contributed by atoms with Crippen molar-refractivity contribution in [1.82, 2.24) is 10.2 Å². The van der Waals surface area contributed by atoms with Gasteiger partial charge in [-0.05, 0) is 36.8 Å². The predicted molar refractivity (Wildman–Crippen MR) is 111 cm³/mol. The third-order valence-corrected chi connectivity index (χ3v) is 5.42. The number of hydrogen-bond donors (Lipinski definition) is 1. The van der Waals surface area contributed by atoms with Crippen LogP contribution >= 0.6 is 0 Å². The van der Waals surface area contributed by atoms with Gasteiger partial charge in [0.1, 0.15) is 5.82 Å². The lowest BCUT2D eigenvalue weighted by Gasteiger charge is -2.21. The summed E-state index contributed by atoms with van der Waals surface area (Å²) in [5.41, 5.74) is 1.21. The predicted octanol–water partition coefficient (Wildman–Crippen LogP) is 3.22. The molecule has 1 aliphatic heterocycles. The number of rotatable bonds is 7. The van der Waals surface area contributed by atoms with Crippen molar-refractivity contribution in [3.05, 3.63) is 59.4 Å². The number of hydrogen-bond acceptors (Lipinski definition) is 4. The van der Waals surface area contributed by atoms with Crippen LogP contribution in [0.15, 0.2) is 42.5 Å². The molecule has 2 aromatic rings. The van der Waals surface area contributed by atoms with Gasteiger partial charge in [0.15, 0.2) is 11.5 Å². The molecule has 3 rings (SSSR count). The van der Waals surface area contributed by atoms with Crippen LogP contribution in [0.2, 0.25) is 0 Å². The van der Waals surface area contributed by atoms with Crippen LogP contribution in [0.3, 0.4) is 0 Å². The van der Waals surface area contributed by atoms with Gasteiger partial charge in [-0.15, -0.1) is 0 Å². The molecule has 0 aromatic heterocycles. The molecule has 0 spiro atoms. The Balaban J connectivity index is 1.94. The maximum Gasteiger partial charge on any atom is 0.253 e. The second-order valence-electron chi connectivity index (χ2n) is 7.30. The first-order chi connectivity index (χ1) is 14.5. The standard InChI is InChI=1S/C23H27FN2O4/c1-4-12-25-22(27)19-14-26(23(28)15-8-10-16(24)11-9-15)13-18(19)17-6-5-7-20(29-2)21(17)30-3/h5-11,18-19H,4,12-14H2,1-3H3,(H,25,27). The minimum absolute atomic E-state index is 0.0962. The Morgan fingerprint density at radius 2 is 1.83 bits per heavy atom. The number of carbonyl (C=O) groups excluding carboxylic acids is 2. The van der Waals surface area contributed by atoms with Crippen LogP contribution in [0.1, 0.15) is 35.2 Å². The van der Waals surface area contributed by atoms with Gasteiger partial charge in [0, 0.05) is 36.7 Å². The van der Waals surface area contributed by atoms with Crippen molar-refractivity contribution < 1.29 is 23.5 Å². The first-order valence-electron chi connectivity index (χ1n) is 10.0. The third-order valence-electron chi connectivity index (χ3n) is 5.42. The maximum absolute atomic E-state index is 13.2. The molecule has 0 aliphatic carbocycles. The molecule has 2 atom stereocenters. The van der Waals surface area contributed by atoms with Crippen molar-refractivity contribution in [2.24, 2.45) is 5.92 Å². The summed E-state index contributed by atoms with van der Waals surface area (Å²) in [7, 11) is 3.12. The Hall–Kier alpha value is -3.09. The van der Waals surface area contributed by atoms with E-state index in [2.05, 4.69) is 5.32 Å². The van der Waals surface area contributed by atoms with E-state index in [4.69, 9.17) is 9.47 Å². The molecule has 0 saturated carbocycles. The van der Waals surface area contributed by atoms with Gasteiger partial charge in [-0.25, -0.2) is 4.39 Å². The molecule has 1 aliphatic rings. The minimum Gasteiger partial charge on any atom is -0.493 e. The van der Waals surface area contributed by atoms with Gasteiger partial charge < -0.3 is 19.7 Å². The molecule has 2 unspecified atom stereocenters. The van der Waals surface area contributed by atoms with E-state index in [9.17, 15) is 14.0 Å². The SMILES string of the molecule is CCCNC(=O)C1CN(C(=O)c2ccc(F)cc2)CC1c1cccc(OC)c1OC. The van der Waals surface area contributed by atoms with E-state index in [1.807, 2.05) is 19.1 Å². The zero-order valence-corrected chi connectivity index (χ0v) is 17.5. The number of carbonyl (C=O) groups is 2. The van der Waals surface area contributed by atoms with E-state index in [1.165, 1.54) is 24.3 Å². The summed E-state index contributed by atoms with van der Waals surface area (Å²) < 4.78 is 24.2. The zero-order valence-electron chi connectivity index (χ0n) is 17.5. The van der Waals surface area contributed by atoms with Crippen molar-refractivity contribution in [1.29, 1.82) is 0 Å². The molecular formula is C23H27FN2O4. The Labute approximate surface area is 176 Å². The molecule has 2 aromatic carbocycles. The molecule has 2 amide bonds. The summed E-state index contributed by atoms with van der Waals surface area (Å²) in [6.07, 6.45) is 0.823. The van der Waals surface area contributed by atoms with Crippen molar-refractivity contribution in [3.8, 4) is 11.5 Å². The normalized spacial score (nSPS) is 18.2. The summed E-state index contributed by atoms with van der Waals surface area (Å²) in [5, 5.41) is 2.95. The second-order valence-corrected chi connectivity index (χ2v) is 7.30. The molecule has 1 N–H and O–H groups in total. The fourth-order valence-corrected chi connectivity index (χ4v) is 3.91. The number of halogens is 1. The molecule has 1 fully saturated rings. The molecule has 0 bridgehead atoms. The van der Waals surface area contributed by atoms with Crippen LogP contribution in [-0.4, -0.2) is 50.6 Å². The number of methoxy groups -OCH3 is 2. The molecule has 6 nitrogen and oxygen atoms in total. The molecule has 160 valence electrons.